The first kappa shape index (κ1) is 12.0. The van der Waals surface area contributed by atoms with E-state index in [4.69, 9.17) is 28.9 Å². The molecule has 0 aliphatic rings. The summed E-state index contributed by atoms with van der Waals surface area (Å²) >= 11 is 11.8. The summed E-state index contributed by atoms with van der Waals surface area (Å²) in [6.07, 6.45) is 2.82. The topological polar surface area (TPSA) is 60.9 Å². The third-order valence-electron chi connectivity index (χ3n) is 2.23. The molecule has 1 aromatic carbocycles. The molecule has 0 fully saturated rings. The molecule has 0 radical (unpaired) electrons. The number of nitrogens with zero attached hydrogens (tertiary/aromatic N) is 2. The van der Waals surface area contributed by atoms with E-state index in [-0.39, 0.29) is 12.2 Å². The van der Waals surface area contributed by atoms with E-state index < -0.39 is 0 Å². The van der Waals surface area contributed by atoms with Gasteiger partial charge in [-0.15, -0.1) is 0 Å². The molecule has 0 aliphatic carbocycles. The summed E-state index contributed by atoms with van der Waals surface area (Å²) in [6, 6.07) is 5.11. The predicted molar refractivity (Wildman–Crippen MR) is 68.5 cm³/mol. The van der Waals surface area contributed by atoms with Gasteiger partial charge >= 0.3 is 5.69 Å². The fourth-order valence-electron chi connectivity index (χ4n) is 1.44. The molecular weight excluding hydrogens is 261 g/mol. The molecule has 2 aromatic rings. The van der Waals surface area contributed by atoms with Gasteiger partial charge in [0.15, 0.2) is 0 Å². The third kappa shape index (κ3) is 2.78. The molecule has 0 bridgehead atoms. The lowest BCUT2D eigenvalue weighted by atomic mass is 10.2. The summed E-state index contributed by atoms with van der Waals surface area (Å²) in [5.41, 5.74) is 6.62. The summed E-state index contributed by atoms with van der Waals surface area (Å²) in [4.78, 5) is 15.1. The van der Waals surface area contributed by atoms with Crippen molar-refractivity contribution < 1.29 is 0 Å². The lowest BCUT2D eigenvalue weighted by Crippen LogP contribution is -2.22. The van der Waals surface area contributed by atoms with Gasteiger partial charge in [0.2, 0.25) is 0 Å². The Hall–Kier alpha value is -1.52. The molecule has 0 aliphatic heterocycles. The van der Waals surface area contributed by atoms with Crippen molar-refractivity contribution in [2.75, 3.05) is 5.73 Å². The van der Waals surface area contributed by atoms with E-state index in [0.717, 1.165) is 5.56 Å². The maximum absolute atomic E-state index is 11.5. The quantitative estimate of drug-likeness (QED) is 0.851. The van der Waals surface area contributed by atoms with Crippen LogP contribution in [0, 0.1) is 0 Å². The monoisotopic (exact) mass is 269 g/mol. The van der Waals surface area contributed by atoms with Crippen LogP contribution in [0.2, 0.25) is 10.0 Å². The number of halogens is 2. The molecule has 1 aromatic heterocycles. The van der Waals surface area contributed by atoms with Crippen LogP contribution >= 0.6 is 23.2 Å². The van der Waals surface area contributed by atoms with E-state index in [2.05, 4.69) is 4.98 Å². The Bertz CT molecular complexity index is 610. The number of rotatable bonds is 2. The van der Waals surface area contributed by atoms with Gasteiger partial charge in [-0.25, -0.2) is 9.78 Å². The highest BCUT2D eigenvalue weighted by Gasteiger charge is 2.04. The highest BCUT2D eigenvalue weighted by Crippen LogP contribution is 2.19. The van der Waals surface area contributed by atoms with E-state index in [1.54, 1.807) is 18.2 Å². The van der Waals surface area contributed by atoms with Crippen LogP contribution in [-0.4, -0.2) is 9.55 Å². The van der Waals surface area contributed by atoms with E-state index in [0.29, 0.717) is 15.7 Å². The molecule has 0 spiro atoms. The minimum atomic E-state index is -0.382. The summed E-state index contributed by atoms with van der Waals surface area (Å²) in [5.74, 6) is 0. The van der Waals surface area contributed by atoms with Gasteiger partial charge in [-0.1, -0.05) is 23.2 Å². The maximum atomic E-state index is 11.5. The smallest absolute Gasteiger partial charge is 0.347 e. The van der Waals surface area contributed by atoms with Gasteiger partial charge < -0.3 is 5.73 Å². The van der Waals surface area contributed by atoms with E-state index >= 15 is 0 Å². The van der Waals surface area contributed by atoms with Crippen LogP contribution in [0.3, 0.4) is 0 Å². The fourth-order valence-corrected chi connectivity index (χ4v) is 1.79. The van der Waals surface area contributed by atoms with Gasteiger partial charge in [0, 0.05) is 16.9 Å². The number of nitrogens with two attached hydrogens (primary N) is 1. The number of aromatic nitrogens is 2. The molecule has 2 rings (SSSR count). The first-order valence-corrected chi connectivity index (χ1v) is 5.58. The van der Waals surface area contributed by atoms with Crippen LogP contribution in [0.15, 0.2) is 35.4 Å². The Morgan fingerprint density at radius 3 is 2.88 bits per heavy atom. The second-order valence-corrected chi connectivity index (χ2v) is 4.38. The molecule has 0 saturated heterocycles. The van der Waals surface area contributed by atoms with E-state index in [1.807, 2.05) is 0 Å². The Balaban J connectivity index is 2.41. The first-order chi connectivity index (χ1) is 8.06. The summed E-state index contributed by atoms with van der Waals surface area (Å²) < 4.78 is 1.38. The van der Waals surface area contributed by atoms with Crippen molar-refractivity contribution >= 4 is 28.9 Å². The van der Waals surface area contributed by atoms with Crippen molar-refractivity contribution in [3.8, 4) is 0 Å². The zero-order valence-corrected chi connectivity index (χ0v) is 10.2. The lowest BCUT2D eigenvalue weighted by Gasteiger charge is -2.08. The van der Waals surface area contributed by atoms with Gasteiger partial charge in [0.1, 0.15) is 0 Å². The molecular formula is C11H9Cl2N3O. The zero-order chi connectivity index (χ0) is 12.4. The molecule has 4 nitrogen and oxygen atoms in total. The number of hydrogen-bond acceptors (Lipinski definition) is 3. The van der Waals surface area contributed by atoms with Crippen LogP contribution in [-0.2, 0) is 6.54 Å². The number of nitrogen functional groups attached to an aromatic ring is 1. The molecule has 1 heterocycles. The van der Waals surface area contributed by atoms with E-state index in [1.165, 1.54) is 17.0 Å². The fraction of sp³-hybridized carbons (Fsp3) is 0.0909. The first-order valence-electron chi connectivity index (χ1n) is 4.82. The SMILES string of the molecule is Nc1ccc(Cl)c(Cn2cc(Cl)cnc2=O)c1. The molecule has 0 saturated carbocycles. The Kier molecular flexibility index (Phi) is 3.36. The van der Waals surface area contributed by atoms with Crippen molar-refractivity contribution in [2.45, 2.75) is 6.54 Å². The van der Waals surface area contributed by atoms with Crippen molar-refractivity contribution in [1.29, 1.82) is 0 Å². The van der Waals surface area contributed by atoms with Crippen molar-refractivity contribution in [3.63, 3.8) is 0 Å². The van der Waals surface area contributed by atoms with Gasteiger partial charge in [-0.05, 0) is 23.8 Å². The second kappa shape index (κ2) is 4.77. The second-order valence-electron chi connectivity index (χ2n) is 3.53. The number of benzene rings is 1. The highest BCUT2D eigenvalue weighted by atomic mass is 35.5. The highest BCUT2D eigenvalue weighted by molar-refractivity contribution is 6.31. The zero-order valence-electron chi connectivity index (χ0n) is 8.73. The predicted octanol–water partition coefficient (Wildman–Crippen LogP) is 2.18. The normalized spacial score (nSPS) is 10.5. The molecule has 17 heavy (non-hydrogen) atoms. The van der Waals surface area contributed by atoms with Crippen LogP contribution in [0.25, 0.3) is 0 Å². The molecule has 2 N–H and O–H groups in total. The molecule has 0 amide bonds. The minimum absolute atomic E-state index is 0.288. The van der Waals surface area contributed by atoms with Crippen LogP contribution in [0.1, 0.15) is 5.56 Å². The van der Waals surface area contributed by atoms with Crippen molar-refractivity contribution in [2.24, 2.45) is 0 Å². The average molecular weight is 270 g/mol. The number of hydrogen-bond donors (Lipinski definition) is 1. The van der Waals surface area contributed by atoms with Crippen LogP contribution < -0.4 is 11.4 Å². The minimum Gasteiger partial charge on any atom is -0.399 e. The van der Waals surface area contributed by atoms with Gasteiger partial charge in [0.25, 0.3) is 0 Å². The largest absolute Gasteiger partial charge is 0.399 e. The average Bonchev–Trinajstić information content (AvgIpc) is 2.28. The Morgan fingerprint density at radius 2 is 2.12 bits per heavy atom. The lowest BCUT2D eigenvalue weighted by molar-refractivity contribution is 0.727. The summed E-state index contributed by atoms with van der Waals surface area (Å²) in [5, 5.41) is 0.940. The van der Waals surface area contributed by atoms with Gasteiger partial charge in [0.05, 0.1) is 17.8 Å². The summed E-state index contributed by atoms with van der Waals surface area (Å²) in [6.45, 7) is 0.288. The Morgan fingerprint density at radius 1 is 1.35 bits per heavy atom. The molecule has 0 unspecified atom stereocenters. The third-order valence-corrected chi connectivity index (χ3v) is 2.80. The van der Waals surface area contributed by atoms with Crippen LogP contribution in [0.5, 0.6) is 0 Å². The Labute approximate surface area is 108 Å². The maximum Gasteiger partial charge on any atom is 0.347 e. The van der Waals surface area contributed by atoms with Gasteiger partial charge in [-0.3, -0.25) is 4.57 Å². The molecule has 0 atom stereocenters. The molecule has 88 valence electrons. The van der Waals surface area contributed by atoms with E-state index in [9.17, 15) is 4.79 Å². The summed E-state index contributed by atoms with van der Waals surface area (Å²) in [7, 11) is 0. The number of anilines is 1. The molecule has 6 heteroatoms. The van der Waals surface area contributed by atoms with Crippen molar-refractivity contribution in [3.05, 3.63) is 56.7 Å². The van der Waals surface area contributed by atoms with Gasteiger partial charge in [-0.2, -0.15) is 0 Å². The van der Waals surface area contributed by atoms with Crippen LogP contribution in [0.4, 0.5) is 5.69 Å². The van der Waals surface area contributed by atoms with Crippen molar-refractivity contribution in [1.82, 2.24) is 9.55 Å². The standard InChI is InChI=1S/C11H9Cl2N3O/c12-8-4-15-11(17)16(6-8)5-7-3-9(14)1-2-10(7)13/h1-4,6H,5,14H2.